The maximum Gasteiger partial charge on any atom is 0.186 e. The van der Waals surface area contributed by atoms with Crippen LogP contribution in [-0.2, 0) is 5.54 Å². The highest BCUT2D eigenvalue weighted by molar-refractivity contribution is 7.80. The van der Waals surface area contributed by atoms with Crippen molar-refractivity contribution in [3.05, 3.63) is 138 Å². The molecule has 0 saturated heterocycles. The molecule has 4 aromatic carbocycles. The second kappa shape index (κ2) is 9.25. The highest BCUT2D eigenvalue weighted by atomic mass is 32.1. The van der Waals surface area contributed by atoms with Crippen LogP contribution in [0.3, 0.4) is 0 Å². The number of thiocarbonyl (C=S) groups is 1. The van der Waals surface area contributed by atoms with Gasteiger partial charge in [0.1, 0.15) is 5.54 Å². The molecule has 0 aromatic heterocycles. The number of rotatable bonds is 6. The molecule has 0 bridgehead atoms. The van der Waals surface area contributed by atoms with Gasteiger partial charge in [-0.1, -0.05) is 109 Å². The molecule has 30 heavy (non-hydrogen) atoms. The van der Waals surface area contributed by atoms with E-state index >= 15 is 0 Å². The minimum atomic E-state index is -0.647. The van der Waals surface area contributed by atoms with Crippen LogP contribution in [0.2, 0.25) is 0 Å². The fraction of sp³-hybridized carbons (Fsp3) is 0.0385. The Morgan fingerprint density at radius 3 is 1.30 bits per heavy atom. The van der Waals surface area contributed by atoms with Gasteiger partial charge in [0.15, 0.2) is 5.11 Å². The van der Waals surface area contributed by atoms with E-state index in [2.05, 4.69) is 89.0 Å². The molecule has 0 aliphatic carbocycles. The van der Waals surface area contributed by atoms with Gasteiger partial charge in [-0.15, -0.1) is 0 Å². The number of hydrogen-bond donors (Lipinski definition) is 3. The molecule has 0 saturated carbocycles. The normalized spacial score (nSPS) is 10.8. The third-order valence-corrected chi connectivity index (χ3v) is 5.22. The quantitative estimate of drug-likeness (QED) is 0.224. The molecule has 0 aliphatic rings. The average Bonchev–Trinajstić information content (AvgIpc) is 2.83. The van der Waals surface area contributed by atoms with Crippen LogP contribution in [-0.4, -0.2) is 5.11 Å². The molecule has 0 fully saturated rings. The van der Waals surface area contributed by atoms with E-state index < -0.39 is 5.54 Å². The van der Waals surface area contributed by atoms with Crippen LogP contribution in [0.25, 0.3) is 0 Å². The number of nitrogens with one attached hydrogen (secondary N) is 3. The van der Waals surface area contributed by atoms with Gasteiger partial charge < -0.3 is 5.32 Å². The van der Waals surface area contributed by atoms with Crippen molar-refractivity contribution >= 4 is 23.0 Å². The zero-order chi connectivity index (χ0) is 20.7. The van der Waals surface area contributed by atoms with Crippen molar-refractivity contribution in [2.45, 2.75) is 5.54 Å². The Hall–Kier alpha value is -3.63. The molecular weight excluding hydrogens is 386 g/mol. The van der Waals surface area contributed by atoms with Gasteiger partial charge in [-0.25, -0.2) is 0 Å². The van der Waals surface area contributed by atoms with E-state index in [0.29, 0.717) is 5.11 Å². The van der Waals surface area contributed by atoms with Crippen molar-refractivity contribution in [2.24, 2.45) is 0 Å². The largest absolute Gasteiger partial charge is 0.344 e. The first-order chi connectivity index (χ1) is 14.8. The van der Waals surface area contributed by atoms with E-state index in [4.69, 9.17) is 12.2 Å². The molecule has 0 atom stereocenters. The van der Waals surface area contributed by atoms with Crippen LogP contribution in [0, 0.1) is 0 Å². The summed E-state index contributed by atoms with van der Waals surface area (Å²) in [5, 5.41) is 4.10. The summed E-state index contributed by atoms with van der Waals surface area (Å²) in [4.78, 5) is 0. The molecule has 3 nitrogen and oxygen atoms in total. The van der Waals surface area contributed by atoms with Gasteiger partial charge in [0, 0.05) is 0 Å². The van der Waals surface area contributed by atoms with E-state index in [0.717, 1.165) is 22.4 Å². The molecule has 3 N–H and O–H groups in total. The van der Waals surface area contributed by atoms with E-state index in [-0.39, 0.29) is 0 Å². The Morgan fingerprint density at radius 2 is 0.900 bits per heavy atom. The minimum Gasteiger partial charge on any atom is -0.344 e. The molecule has 4 aromatic rings. The summed E-state index contributed by atoms with van der Waals surface area (Å²) in [7, 11) is 0. The van der Waals surface area contributed by atoms with Gasteiger partial charge in [-0.3, -0.25) is 10.9 Å². The topological polar surface area (TPSA) is 36.1 Å². The Balaban J connectivity index is 1.76. The summed E-state index contributed by atoms with van der Waals surface area (Å²) in [5.74, 6) is 0. The summed E-state index contributed by atoms with van der Waals surface area (Å²) in [6.45, 7) is 0. The van der Waals surface area contributed by atoms with Crippen LogP contribution in [0.1, 0.15) is 16.7 Å². The van der Waals surface area contributed by atoms with Gasteiger partial charge in [0.25, 0.3) is 0 Å². The van der Waals surface area contributed by atoms with Gasteiger partial charge >= 0.3 is 0 Å². The molecule has 0 heterocycles. The first kappa shape index (κ1) is 19.7. The zero-order valence-electron chi connectivity index (χ0n) is 16.5. The van der Waals surface area contributed by atoms with Crippen molar-refractivity contribution in [1.82, 2.24) is 10.7 Å². The lowest BCUT2D eigenvalue weighted by Gasteiger charge is -2.37. The Morgan fingerprint density at radius 1 is 0.533 bits per heavy atom. The summed E-state index contributed by atoms with van der Waals surface area (Å²) in [6.07, 6.45) is 0. The van der Waals surface area contributed by atoms with E-state index in [1.54, 1.807) is 0 Å². The fourth-order valence-corrected chi connectivity index (χ4v) is 3.84. The second-order valence-electron chi connectivity index (χ2n) is 6.92. The average molecular weight is 410 g/mol. The molecule has 0 aliphatic heterocycles. The SMILES string of the molecule is S=C(NNc1ccccc1)NC(c1ccccc1)(c1ccccc1)c1ccccc1. The summed E-state index contributed by atoms with van der Waals surface area (Å²) < 4.78 is 0. The Bertz CT molecular complexity index is 972. The number of para-hydroxylation sites is 1. The van der Waals surface area contributed by atoms with Crippen LogP contribution in [0.5, 0.6) is 0 Å². The lowest BCUT2D eigenvalue weighted by Crippen LogP contribution is -2.52. The first-order valence-electron chi connectivity index (χ1n) is 9.85. The summed E-state index contributed by atoms with van der Waals surface area (Å²) >= 11 is 5.72. The molecular formula is C26H23N3S. The molecule has 0 radical (unpaired) electrons. The van der Waals surface area contributed by atoms with Crippen molar-refractivity contribution in [3.8, 4) is 0 Å². The predicted octanol–water partition coefficient (Wildman–Crippen LogP) is 5.47. The fourth-order valence-electron chi connectivity index (χ4n) is 3.63. The number of benzene rings is 4. The highest BCUT2D eigenvalue weighted by Crippen LogP contribution is 2.36. The molecule has 0 amide bonds. The molecule has 4 rings (SSSR count). The van der Waals surface area contributed by atoms with Gasteiger partial charge in [-0.05, 0) is 41.0 Å². The summed E-state index contributed by atoms with van der Waals surface area (Å²) in [6, 6.07) is 41.0. The smallest absolute Gasteiger partial charge is 0.186 e. The second-order valence-corrected chi connectivity index (χ2v) is 7.33. The van der Waals surface area contributed by atoms with Crippen LogP contribution >= 0.6 is 12.2 Å². The number of hydrogen-bond acceptors (Lipinski definition) is 2. The van der Waals surface area contributed by atoms with Crippen molar-refractivity contribution in [2.75, 3.05) is 5.43 Å². The van der Waals surface area contributed by atoms with Crippen molar-refractivity contribution in [3.63, 3.8) is 0 Å². The molecule has 0 unspecified atom stereocenters. The van der Waals surface area contributed by atoms with Gasteiger partial charge in [-0.2, -0.15) is 0 Å². The Kier molecular flexibility index (Phi) is 6.06. The number of anilines is 1. The molecule has 0 spiro atoms. The first-order valence-corrected chi connectivity index (χ1v) is 10.3. The lowest BCUT2D eigenvalue weighted by atomic mass is 9.77. The lowest BCUT2D eigenvalue weighted by molar-refractivity contribution is 0.570. The van der Waals surface area contributed by atoms with Crippen LogP contribution < -0.4 is 16.2 Å². The summed E-state index contributed by atoms with van der Waals surface area (Å²) in [5.41, 5.74) is 9.90. The monoisotopic (exact) mass is 409 g/mol. The maximum atomic E-state index is 5.72. The minimum absolute atomic E-state index is 0.496. The number of hydrazine groups is 1. The standard InChI is InChI=1S/C26H23N3S/c30-25(29-28-24-19-11-4-12-20-24)27-26(21-13-5-1-6-14-21,22-15-7-2-8-16-22)23-17-9-3-10-18-23/h1-20,28H,(H2,27,29,30). The van der Waals surface area contributed by atoms with Gasteiger partial charge in [0.2, 0.25) is 0 Å². The van der Waals surface area contributed by atoms with Crippen molar-refractivity contribution < 1.29 is 0 Å². The molecule has 148 valence electrons. The van der Waals surface area contributed by atoms with Gasteiger partial charge in [0.05, 0.1) is 5.69 Å². The van der Waals surface area contributed by atoms with E-state index in [1.165, 1.54) is 0 Å². The predicted molar refractivity (Wildman–Crippen MR) is 128 cm³/mol. The molecule has 4 heteroatoms. The van der Waals surface area contributed by atoms with Crippen LogP contribution in [0.4, 0.5) is 5.69 Å². The van der Waals surface area contributed by atoms with Crippen LogP contribution in [0.15, 0.2) is 121 Å². The van der Waals surface area contributed by atoms with E-state index in [1.807, 2.05) is 48.5 Å². The zero-order valence-corrected chi connectivity index (χ0v) is 17.3. The maximum absolute atomic E-state index is 5.72. The third kappa shape index (κ3) is 4.19. The van der Waals surface area contributed by atoms with Crippen molar-refractivity contribution in [1.29, 1.82) is 0 Å². The highest BCUT2D eigenvalue weighted by Gasteiger charge is 2.36. The Labute approximate surface area is 182 Å². The van der Waals surface area contributed by atoms with E-state index in [9.17, 15) is 0 Å². The third-order valence-electron chi connectivity index (χ3n) is 5.02.